The summed E-state index contributed by atoms with van der Waals surface area (Å²) in [5.41, 5.74) is 0. The molecule has 0 heterocycles. The quantitative estimate of drug-likeness (QED) is 0.795. The van der Waals surface area contributed by atoms with Crippen LogP contribution in [0.5, 0.6) is 17.2 Å². The van der Waals surface area contributed by atoms with Crippen LogP contribution in [0, 0.1) is 3.57 Å². The van der Waals surface area contributed by atoms with Gasteiger partial charge in [0.1, 0.15) is 9.32 Å². The first kappa shape index (κ1) is 12.3. The van der Waals surface area contributed by atoms with Gasteiger partial charge in [0.05, 0.1) is 14.2 Å². The summed E-state index contributed by atoms with van der Waals surface area (Å²) in [6.45, 7) is -2.87. The summed E-state index contributed by atoms with van der Waals surface area (Å²) >= 11 is 1.94. The summed E-state index contributed by atoms with van der Waals surface area (Å²) in [5, 5.41) is 0. The number of halogens is 3. The van der Waals surface area contributed by atoms with Crippen LogP contribution in [0.2, 0.25) is 0 Å². The van der Waals surface area contributed by atoms with Gasteiger partial charge < -0.3 is 14.2 Å². The van der Waals surface area contributed by atoms with Crippen molar-refractivity contribution in [3.8, 4) is 17.2 Å². The van der Waals surface area contributed by atoms with E-state index in [9.17, 15) is 8.78 Å². The summed E-state index contributed by atoms with van der Waals surface area (Å²) in [7, 11) is 2.87. The highest BCUT2D eigenvalue weighted by molar-refractivity contribution is 14.1. The zero-order valence-corrected chi connectivity index (χ0v) is 10.2. The molecule has 0 aliphatic rings. The second-order valence-corrected chi connectivity index (χ2v) is 3.57. The monoisotopic (exact) mass is 330 g/mol. The van der Waals surface area contributed by atoms with E-state index in [4.69, 9.17) is 9.47 Å². The molecule has 0 radical (unpaired) electrons. The molecule has 15 heavy (non-hydrogen) atoms. The molecule has 0 N–H and O–H groups in total. The largest absolute Gasteiger partial charge is 0.496 e. The summed E-state index contributed by atoms with van der Waals surface area (Å²) in [6.07, 6.45) is 0. The Labute approximate surface area is 99.5 Å². The van der Waals surface area contributed by atoms with Crippen LogP contribution < -0.4 is 14.2 Å². The van der Waals surface area contributed by atoms with E-state index in [2.05, 4.69) is 4.74 Å². The van der Waals surface area contributed by atoms with E-state index >= 15 is 0 Å². The van der Waals surface area contributed by atoms with Gasteiger partial charge in [-0.2, -0.15) is 8.78 Å². The van der Waals surface area contributed by atoms with Gasteiger partial charge in [-0.3, -0.25) is 0 Å². The molecule has 0 atom stereocenters. The predicted octanol–water partition coefficient (Wildman–Crippen LogP) is 2.91. The number of benzene rings is 1. The maximum atomic E-state index is 12.0. The average Bonchev–Trinajstić information content (AvgIpc) is 2.18. The fourth-order valence-electron chi connectivity index (χ4n) is 1.06. The fourth-order valence-corrected chi connectivity index (χ4v) is 1.94. The van der Waals surface area contributed by atoms with Crippen molar-refractivity contribution in [1.29, 1.82) is 0 Å². The molecule has 1 rings (SSSR count). The van der Waals surface area contributed by atoms with Crippen LogP contribution in [0.1, 0.15) is 0 Å². The first-order valence-electron chi connectivity index (χ1n) is 3.95. The molecule has 1 aromatic rings. The summed E-state index contributed by atoms with van der Waals surface area (Å²) in [6, 6.07) is 2.92. The molecule has 0 fully saturated rings. The van der Waals surface area contributed by atoms with Crippen LogP contribution in [-0.4, -0.2) is 20.8 Å². The molecule has 0 aromatic heterocycles. The van der Waals surface area contributed by atoms with Crippen molar-refractivity contribution in [3.63, 3.8) is 0 Å². The number of methoxy groups -OCH3 is 2. The van der Waals surface area contributed by atoms with Gasteiger partial charge in [-0.05, 0) is 34.7 Å². The minimum absolute atomic E-state index is 0.00213. The van der Waals surface area contributed by atoms with Gasteiger partial charge in [-0.15, -0.1) is 0 Å². The minimum Gasteiger partial charge on any atom is -0.496 e. The molecule has 0 saturated carbocycles. The van der Waals surface area contributed by atoms with Crippen molar-refractivity contribution in [2.45, 2.75) is 6.61 Å². The highest BCUT2D eigenvalue weighted by Gasteiger charge is 2.16. The molecule has 0 amide bonds. The van der Waals surface area contributed by atoms with Gasteiger partial charge in [-0.25, -0.2) is 0 Å². The molecule has 1 aromatic carbocycles. The number of ether oxygens (including phenoxy) is 3. The third-order valence-corrected chi connectivity index (χ3v) is 2.69. The van der Waals surface area contributed by atoms with Crippen LogP contribution in [0.15, 0.2) is 12.1 Å². The molecule has 0 bridgehead atoms. The molecular formula is C9H9F2IO3. The molecular weight excluding hydrogens is 321 g/mol. The minimum atomic E-state index is -2.87. The second-order valence-electron chi connectivity index (χ2n) is 2.49. The highest BCUT2D eigenvalue weighted by atomic mass is 127. The lowest BCUT2D eigenvalue weighted by atomic mass is 10.3. The van der Waals surface area contributed by atoms with Gasteiger partial charge >= 0.3 is 6.61 Å². The van der Waals surface area contributed by atoms with E-state index in [0.717, 1.165) is 0 Å². The second kappa shape index (κ2) is 5.34. The van der Waals surface area contributed by atoms with Gasteiger partial charge in [0, 0.05) is 0 Å². The normalized spacial score (nSPS) is 10.3. The van der Waals surface area contributed by atoms with Crippen LogP contribution in [0.4, 0.5) is 8.78 Å². The Kier molecular flexibility index (Phi) is 4.37. The first-order chi connectivity index (χ1) is 7.10. The van der Waals surface area contributed by atoms with E-state index in [1.165, 1.54) is 20.3 Å². The third-order valence-electron chi connectivity index (χ3n) is 1.67. The molecule has 0 aliphatic carbocycles. The van der Waals surface area contributed by atoms with Crippen molar-refractivity contribution < 1.29 is 23.0 Å². The topological polar surface area (TPSA) is 27.7 Å². The number of alkyl halides is 2. The average molecular weight is 330 g/mol. The Hall–Kier alpha value is -0.790. The van der Waals surface area contributed by atoms with Gasteiger partial charge in [-0.1, -0.05) is 0 Å². The van der Waals surface area contributed by atoms with Gasteiger partial charge in [0.15, 0.2) is 11.5 Å². The Morgan fingerprint density at radius 2 is 1.73 bits per heavy atom. The molecule has 6 heteroatoms. The van der Waals surface area contributed by atoms with E-state index in [1.54, 1.807) is 6.07 Å². The Morgan fingerprint density at radius 1 is 1.13 bits per heavy atom. The third kappa shape index (κ3) is 2.83. The molecule has 0 unspecified atom stereocenters. The number of hydrogen-bond donors (Lipinski definition) is 0. The van der Waals surface area contributed by atoms with E-state index in [1.807, 2.05) is 22.6 Å². The van der Waals surface area contributed by atoms with Crippen molar-refractivity contribution in [1.82, 2.24) is 0 Å². The number of hydrogen-bond acceptors (Lipinski definition) is 3. The van der Waals surface area contributed by atoms with E-state index in [0.29, 0.717) is 9.32 Å². The van der Waals surface area contributed by atoms with Gasteiger partial charge in [0.25, 0.3) is 0 Å². The zero-order valence-electron chi connectivity index (χ0n) is 8.09. The van der Waals surface area contributed by atoms with Crippen molar-refractivity contribution in [2.75, 3.05) is 14.2 Å². The predicted molar refractivity (Wildman–Crippen MR) is 58.9 cm³/mol. The van der Waals surface area contributed by atoms with E-state index in [-0.39, 0.29) is 11.5 Å². The molecule has 3 nitrogen and oxygen atoms in total. The molecule has 0 spiro atoms. The standard InChI is InChI=1S/C9H9F2IO3/c1-13-5-3-4-6(15-9(10)11)8(14-2)7(5)12/h3-4,9H,1-2H3. The summed E-state index contributed by atoms with van der Waals surface area (Å²) in [5.74, 6) is 0.794. The van der Waals surface area contributed by atoms with E-state index < -0.39 is 6.61 Å². The lowest BCUT2D eigenvalue weighted by Crippen LogP contribution is -2.04. The zero-order chi connectivity index (χ0) is 11.4. The first-order valence-corrected chi connectivity index (χ1v) is 5.03. The number of rotatable bonds is 4. The Bertz CT molecular complexity index is 344. The van der Waals surface area contributed by atoms with Crippen molar-refractivity contribution >= 4 is 22.6 Å². The fraction of sp³-hybridized carbons (Fsp3) is 0.333. The van der Waals surface area contributed by atoms with Crippen LogP contribution in [0.3, 0.4) is 0 Å². The van der Waals surface area contributed by atoms with Crippen molar-refractivity contribution in [2.24, 2.45) is 0 Å². The molecule has 84 valence electrons. The highest BCUT2D eigenvalue weighted by Crippen LogP contribution is 2.38. The maximum Gasteiger partial charge on any atom is 0.387 e. The van der Waals surface area contributed by atoms with Crippen LogP contribution >= 0.6 is 22.6 Å². The Balaban J connectivity index is 3.12. The lowest BCUT2D eigenvalue weighted by Gasteiger charge is -2.13. The summed E-state index contributed by atoms with van der Waals surface area (Å²) < 4.78 is 39.0. The Morgan fingerprint density at radius 3 is 2.20 bits per heavy atom. The lowest BCUT2D eigenvalue weighted by molar-refractivity contribution is -0.0513. The maximum absolute atomic E-state index is 12.0. The summed E-state index contributed by atoms with van der Waals surface area (Å²) in [4.78, 5) is 0. The molecule has 0 saturated heterocycles. The van der Waals surface area contributed by atoms with Gasteiger partial charge in [0.2, 0.25) is 0 Å². The SMILES string of the molecule is COc1ccc(OC(F)F)c(OC)c1I. The molecule has 0 aliphatic heterocycles. The van der Waals surface area contributed by atoms with Crippen LogP contribution in [-0.2, 0) is 0 Å². The van der Waals surface area contributed by atoms with Crippen LogP contribution in [0.25, 0.3) is 0 Å². The van der Waals surface area contributed by atoms with Crippen molar-refractivity contribution in [3.05, 3.63) is 15.7 Å². The smallest absolute Gasteiger partial charge is 0.387 e.